The van der Waals surface area contributed by atoms with E-state index in [1.807, 2.05) is 0 Å². The molecule has 3 aliphatic carbocycles. The second kappa shape index (κ2) is 4.52. The van der Waals surface area contributed by atoms with Gasteiger partial charge in [0.15, 0.2) is 0 Å². The minimum Gasteiger partial charge on any atom is -0.351 e. The molecule has 1 aromatic carbocycles. The highest BCUT2D eigenvalue weighted by atomic mass is 16.2. The number of rotatable bonds is 3. The van der Waals surface area contributed by atoms with Crippen LogP contribution in [0.15, 0.2) is 24.3 Å². The van der Waals surface area contributed by atoms with Crippen LogP contribution in [0.4, 0.5) is 0 Å². The molecule has 2 bridgehead atoms. The van der Waals surface area contributed by atoms with E-state index in [0.29, 0.717) is 24.3 Å². The van der Waals surface area contributed by atoms with Gasteiger partial charge in [-0.3, -0.25) is 9.59 Å². The maximum absolute atomic E-state index is 13.0. The van der Waals surface area contributed by atoms with Gasteiger partial charge in [-0.05, 0) is 48.1 Å². The van der Waals surface area contributed by atoms with E-state index in [4.69, 9.17) is 0 Å². The van der Waals surface area contributed by atoms with Gasteiger partial charge in [-0.15, -0.1) is 0 Å². The maximum atomic E-state index is 13.0. The Bertz CT molecular complexity index is 811. The molecule has 1 spiro atoms. The van der Waals surface area contributed by atoms with Gasteiger partial charge in [-0.2, -0.15) is 0 Å². The Labute approximate surface area is 154 Å². The molecular weight excluding hydrogens is 324 g/mol. The Hall–Kier alpha value is -1.84. The molecular formula is C22H26N2O2. The van der Waals surface area contributed by atoms with Crippen LogP contribution in [0.2, 0.25) is 0 Å². The van der Waals surface area contributed by atoms with Crippen LogP contribution in [0.3, 0.4) is 0 Å². The highest BCUT2D eigenvalue weighted by Crippen LogP contribution is 2.84. The molecule has 6 fully saturated rings. The molecule has 1 N–H and O–H groups in total. The summed E-state index contributed by atoms with van der Waals surface area (Å²) in [7, 11) is 0. The highest BCUT2D eigenvalue weighted by Gasteiger charge is 2.91. The van der Waals surface area contributed by atoms with Gasteiger partial charge in [0.25, 0.3) is 0 Å². The second-order valence-electron chi connectivity index (χ2n) is 9.76. The van der Waals surface area contributed by atoms with Crippen molar-refractivity contribution in [3.05, 3.63) is 35.4 Å². The van der Waals surface area contributed by atoms with Crippen molar-refractivity contribution in [1.82, 2.24) is 10.2 Å². The van der Waals surface area contributed by atoms with Gasteiger partial charge in [-0.1, -0.05) is 38.1 Å². The van der Waals surface area contributed by atoms with Gasteiger partial charge in [-0.25, -0.2) is 0 Å². The third kappa shape index (κ3) is 1.71. The molecule has 136 valence electrons. The lowest BCUT2D eigenvalue weighted by Crippen LogP contribution is -2.56. The van der Waals surface area contributed by atoms with Gasteiger partial charge >= 0.3 is 0 Å². The van der Waals surface area contributed by atoms with E-state index in [2.05, 4.69) is 48.3 Å². The maximum Gasteiger partial charge on any atom is 0.226 e. The number of carbonyl (C=O) groups is 2. The molecule has 2 amide bonds. The van der Waals surface area contributed by atoms with Gasteiger partial charge in [0.2, 0.25) is 11.8 Å². The van der Waals surface area contributed by atoms with Crippen LogP contribution in [0, 0.1) is 17.8 Å². The lowest BCUT2D eigenvalue weighted by atomic mass is 9.67. The molecule has 7 rings (SSSR count). The van der Waals surface area contributed by atoms with Crippen molar-refractivity contribution in [1.29, 1.82) is 0 Å². The van der Waals surface area contributed by atoms with Crippen LogP contribution >= 0.6 is 0 Å². The predicted molar refractivity (Wildman–Crippen MR) is 97.5 cm³/mol. The number of amides is 2. The SMILES string of the molecule is CC(C)c1ccc(C23CN(C(=O)C4CC5(CCC(=O)N5)C4)C4C2C43)cc1. The minimum absolute atomic E-state index is 0.0443. The summed E-state index contributed by atoms with van der Waals surface area (Å²) in [5.41, 5.74) is 3.06. The highest BCUT2D eigenvalue weighted by molar-refractivity contribution is 5.86. The Morgan fingerprint density at radius 1 is 1.19 bits per heavy atom. The largest absolute Gasteiger partial charge is 0.351 e. The summed E-state index contributed by atoms with van der Waals surface area (Å²) in [6.45, 7) is 5.38. The predicted octanol–water partition coefficient (Wildman–Crippen LogP) is 2.58. The number of hydrogen-bond acceptors (Lipinski definition) is 2. The molecule has 1 aromatic rings. The summed E-state index contributed by atoms with van der Waals surface area (Å²) in [4.78, 5) is 26.7. The van der Waals surface area contributed by atoms with E-state index in [-0.39, 0.29) is 22.8 Å². The number of hydrogen-bond donors (Lipinski definition) is 1. The summed E-state index contributed by atoms with van der Waals surface area (Å²) >= 11 is 0. The minimum atomic E-state index is -0.0443. The first-order valence-electron chi connectivity index (χ1n) is 10.2. The van der Waals surface area contributed by atoms with Crippen LogP contribution in [0.5, 0.6) is 0 Å². The summed E-state index contributed by atoms with van der Waals surface area (Å²) in [6, 6.07) is 9.66. The number of benzene rings is 1. The molecule has 3 saturated heterocycles. The van der Waals surface area contributed by atoms with E-state index in [0.717, 1.165) is 37.6 Å². The average Bonchev–Trinajstić information content (AvgIpc) is 3.31. The first-order chi connectivity index (χ1) is 12.5. The fraction of sp³-hybridized carbons (Fsp3) is 0.636. The number of nitrogens with zero attached hydrogens (tertiary/aromatic N) is 1. The van der Waals surface area contributed by atoms with Crippen molar-refractivity contribution < 1.29 is 9.59 Å². The standard InChI is InChI=1S/C22H26N2O2/c1-12(2)13-3-5-15(6-4-13)22-11-24(19-17(22)18(19)22)20(26)14-9-21(10-14)8-7-16(25)23-21/h3-6,12,14,17-19H,7-11H2,1-2H3,(H,23,25). The van der Waals surface area contributed by atoms with Gasteiger partial charge in [0.05, 0.1) is 0 Å². The number of piperidine rings is 1. The molecule has 6 aliphatic rings. The molecule has 4 heteroatoms. The van der Waals surface area contributed by atoms with Gasteiger partial charge < -0.3 is 10.2 Å². The lowest BCUT2D eigenvalue weighted by Gasteiger charge is -2.45. The van der Waals surface area contributed by atoms with Crippen molar-refractivity contribution in [3.8, 4) is 0 Å². The van der Waals surface area contributed by atoms with E-state index >= 15 is 0 Å². The van der Waals surface area contributed by atoms with Crippen molar-refractivity contribution in [2.24, 2.45) is 17.8 Å². The quantitative estimate of drug-likeness (QED) is 0.911. The zero-order chi connectivity index (χ0) is 17.8. The summed E-state index contributed by atoms with van der Waals surface area (Å²) in [6.07, 6.45) is 3.25. The first-order valence-corrected chi connectivity index (χ1v) is 10.2. The van der Waals surface area contributed by atoms with E-state index in [9.17, 15) is 9.59 Å². The van der Waals surface area contributed by atoms with Crippen molar-refractivity contribution in [2.75, 3.05) is 6.54 Å². The van der Waals surface area contributed by atoms with E-state index in [1.165, 1.54) is 11.1 Å². The van der Waals surface area contributed by atoms with Crippen molar-refractivity contribution in [3.63, 3.8) is 0 Å². The molecule has 2 unspecified atom stereocenters. The molecule has 26 heavy (non-hydrogen) atoms. The molecule has 3 aliphatic heterocycles. The second-order valence-corrected chi connectivity index (χ2v) is 9.76. The van der Waals surface area contributed by atoms with Crippen molar-refractivity contribution >= 4 is 11.8 Å². The summed E-state index contributed by atoms with van der Waals surface area (Å²) in [5.74, 6) is 2.65. The number of fused-ring (bicyclic) bond motifs is 1. The van der Waals surface area contributed by atoms with Crippen LogP contribution in [-0.2, 0) is 15.0 Å². The van der Waals surface area contributed by atoms with E-state index < -0.39 is 0 Å². The Morgan fingerprint density at radius 3 is 2.46 bits per heavy atom. The lowest BCUT2D eigenvalue weighted by molar-refractivity contribution is -0.141. The van der Waals surface area contributed by atoms with Gasteiger partial charge in [0, 0.05) is 35.9 Å². The van der Waals surface area contributed by atoms with Gasteiger partial charge in [0.1, 0.15) is 0 Å². The van der Waals surface area contributed by atoms with Crippen LogP contribution < -0.4 is 5.32 Å². The molecule has 2 atom stereocenters. The normalized spacial score (nSPS) is 44.1. The Morgan fingerprint density at radius 2 is 1.88 bits per heavy atom. The Balaban J connectivity index is 1.15. The fourth-order valence-electron chi connectivity index (χ4n) is 6.52. The number of nitrogens with one attached hydrogen (secondary N) is 1. The fourth-order valence-corrected chi connectivity index (χ4v) is 6.52. The third-order valence-electron chi connectivity index (χ3n) is 8.11. The van der Waals surface area contributed by atoms with Crippen LogP contribution in [0.1, 0.15) is 56.6 Å². The summed E-state index contributed by atoms with van der Waals surface area (Å²) < 4.78 is 0. The van der Waals surface area contributed by atoms with Crippen LogP contribution in [0.25, 0.3) is 0 Å². The zero-order valence-corrected chi connectivity index (χ0v) is 15.5. The smallest absolute Gasteiger partial charge is 0.226 e. The molecule has 3 heterocycles. The topological polar surface area (TPSA) is 49.4 Å². The average molecular weight is 350 g/mol. The first kappa shape index (κ1) is 15.2. The third-order valence-corrected chi connectivity index (χ3v) is 8.11. The zero-order valence-electron chi connectivity index (χ0n) is 15.5. The Kier molecular flexibility index (Phi) is 2.65. The molecule has 0 aromatic heterocycles. The summed E-state index contributed by atoms with van der Waals surface area (Å²) in [5, 5.41) is 3.11. The molecule has 4 nitrogen and oxygen atoms in total. The monoisotopic (exact) mass is 350 g/mol. The number of carbonyl (C=O) groups excluding carboxylic acids is 2. The van der Waals surface area contributed by atoms with E-state index in [1.54, 1.807) is 0 Å². The van der Waals surface area contributed by atoms with Crippen LogP contribution in [-0.4, -0.2) is 34.8 Å². The molecule has 0 radical (unpaired) electrons. The molecule has 3 saturated carbocycles. The van der Waals surface area contributed by atoms with Crippen molar-refractivity contribution in [2.45, 2.75) is 62.4 Å².